The number of nitrogens with one attached hydrogen (secondary N) is 1. The van der Waals surface area contributed by atoms with Crippen molar-refractivity contribution in [3.05, 3.63) is 29.8 Å². The van der Waals surface area contributed by atoms with Gasteiger partial charge in [-0.1, -0.05) is 18.2 Å². The molecule has 0 bridgehead atoms. The van der Waals surface area contributed by atoms with Crippen LogP contribution >= 0.6 is 0 Å². The molecule has 0 radical (unpaired) electrons. The fourth-order valence-corrected chi connectivity index (χ4v) is 3.08. The smallest absolute Gasteiger partial charge is 0.253 e. The van der Waals surface area contributed by atoms with Crippen molar-refractivity contribution in [2.24, 2.45) is 0 Å². The third-order valence-corrected chi connectivity index (χ3v) is 4.89. The van der Waals surface area contributed by atoms with E-state index in [0.717, 1.165) is 24.1 Å². The van der Waals surface area contributed by atoms with Gasteiger partial charge < -0.3 is 19.7 Å². The van der Waals surface area contributed by atoms with E-state index in [1.54, 1.807) is 21.0 Å². The molecule has 0 saturated carbocycles. The van der Waals surface area contributed by atoms with Crippen LogP contribution in [0.25, 0.3) is 0 Å². The number of ether oxygens (including phenoxy) is 2. The SMILES string of the molecule is COC(C)C(=O)Nc1ccccc1C1CCN(C(=O)C(C)OC)CC1. The number of nitrogens with zero attached hydrogens (tertiary/aromatic N) is 1. The molecule has 1 aromatic rings. The monoisotopic (exact) mass is 348 g/mol. The van der Waals surface area contributed by atoms with Crippen LogP contribution in [-0.2, 0) is 19.1 Å². The lowest BCUT2D eigenvalue weighted by molar-refractivity contribution is -0.142. The van der Waals surface area contributed by atoms with E-state index in [4.69, 9.17) is 9.47 Å². The highest BCUT2D eigenvalue weighted by atomic mass is 16.5. The maximum atomic E-state index is 12.2. The zero-order valence-electron chi connectivity index (χ0n) is 15.5. The molecule has 1 aliphatic heterocycles. The number of hydrogen-bond acceptors (Lipinski definition) is 4. The molecule has 6 nitrogen and oxygen atoms in total. The largest absolute Gasteiger partial charge is 0.372 e. The summed E-state index contributed by atoms with van der Waals surface area (Å²) in [5.74, 6) is 0.198. The number of para-hydroxylation sites is 1. The summed E-state index contributed by atoms with van der Waals surface area (Å²) in [6.07, 6.45) is 0.839. The van der Waals surface area contributed by atoms with Gasteiger partial charge in [-0.15, -0.1) is 0 Å². The molecule has 2 amide bonds. The van der Waals surface area contributed by atoms with Crippen molar-refractivity contribution in [1.82, 2.24) is 4.90 Å². The minimum atomic E-state index is -0.497. The summed E-state index contributed by atoms with van der Waals surface area (Å²) < 4.78 is 10.2. The molecular formula is C19H28N2O4. The number of likely N-dealkylation sites (tertiary alicyclic amines) is 1. The fraction of sp³-hybridized carbons (Fsp3) is 0.579. The minimum absolute atomic E-state index is 0.0384. The summed E-state index contributed by atoms with van der Waals surface area (Å²) in [5.41, 5.74) is 1.94. The summed E-state index contributed by atoms with van der Waals surface area (Å²) >= 11 is 0. The van der Waals surface area contributed by atoms with E-state index in [9.17, 15) is 9.59 Å². The summed E-state index contributed by atoms with van der Waals surface area (Å²) in [6, 6.07) is 7.86. The zero-order chi connectivity index (χ0) is 18.4. The molecule has 1 aromatic carbocycles. The van der Waals surface area contributed by atoms with Gasteiger partial charge in [0.15, 0.2) is 0 Å². The number of hydrogen-bond donors (Lipinski definition) is 1. The predicted octanol–water partition coefficient (Wildman–Crippen LogP) is 2.40. The molecular weight excluding hydrogens is 320 g/mol. The van der Waals surface area contributed by atoms with Crippen molar-refractivity contribution in [3.8, 4) is 0 Å². The summed E-state index contributed by atoms with van der Waals surface area (Å²) in [7, 11) is 3.07. The first-order valence-corrected chi connectivity index (χ1v) is 8.72. The van der Waals surface area contributed by atoms with Gasteiger partial charge in [-0.25, -0.2) is 0 Å². The van der Waals surface area contributed by atoms with Crippen LogP contribution < -0.4 is 5.32 Å². The molecule has 1 saturated heterocycles. The third-order valence-electron chi connectivity index (χ3n) is 4.89. The van der Waals surface area contributed by atoms with Gasteiger partial charge >= 0.3 is 0 Å². The second-order valence-electron chi connectivity index (χ2n) is 6.43. The Morgan fingerprint density at radius 3 is 2.28 bits per heavy atom. The Bertz CT molecular complexity index is 597. The average Bonchev–Trinajstić information content (AvgIpc) is 2.66. The summed E-state index contributed by atoms with van der Waals surface area (Å²) in [6.45, 7) is 4.90. The quantitative estimate of drug-likeness (QED) is 0.857. The van der Waals surface area contributed by atoms with Crippen molar-refractivity contribution in [3.63, 3.8) is 0 Å². The third kappa shape index (κ3) is 4.80. The second-order valence-corrected chi connectivity index (χ2v) is 6.43. The maximum Gasteiger partial charge on any atom is 0.253 e. The lowest BCUT2D eigenvalue weighted by Gasteiger charge is -2.34. The van der Waals surface area contributed by atoms with Crippen LogP contribution in [0.5, 0.6) is 0 Å². The normalized spacial score (nSPS) is 17.8. The van der Waals surface area contributed by atoms with E-state index in [2.05, 4.69) is 5.32 Å². The van der Waals surface area contributed by atoms with Crippen LogP contribution in [0.1, 0.15) is 38.2 Å². The van der Waals surface area contributed by atoms with Crippen LogP contribution in [0.4, 0.5) is 5.69 Å². The molecule has 6 heteroatoms. The molecule has 2 unspecified atom stereocenters. The molecule has 25 heavy (non-hydrogen) atoms. The van der Waals surface area contributed by atoms with Gasteiger partial charge in [0.25, 0.3) is 11.8 Å². The molecule has 1 heterocycles. The number of carbonyl (C=O) groups is 2. The lowest BCUT2D eigenvalue weighted by Crippen LogP contribution is -2.43. The van der Waals surface area contributed by atoms with Crippen LogP contribution in [0.3, 0.4) is 0 Å². The Morgan fingerprint density at radius 2 is 1.68 bits per heavy atom. The highest BCUT2D eigenvalue weighted by molar-refractivity contribution is 5.94. The van der Waals surface area contributed by atoms with Gasteiger partial charge in [0.1, 0.15) is 12.2 Å². The minimum Gasteiger partial charge on any atom is -0.372 e. The number of benzene rings is 1. The Morgan fingerprint density at radius 1 is 1.08 bits per heavy atom. The Balaban J connectivity index is 2.04. The molecule has 1 aliphatic rings. The number of amides is 2. The second kappa shape index (κ2) is 8.97. The molecule has 2 rings (SSSR count). The molecule has 138 valence electrons. The maximum absolute atomic E-state index is 12.2. The highest BCUT2D eigenvalue weighted by Gasteiger charge is 2.28. The topological polar surface area (TPSA) is 67.9 Å². The standard InChI is InChI=1S/C19H28N2O4/c1-13(24-3)18(22)20-17-8-6-5-7-16(17)15-9-11-21(12-10-15)19(23)14(2)25-4/h5-8,13-15H,9-12H2,1-4H3,(H,20,22). The van der Waals surface area contributed by atoms with Gasteiger partial charge in [-0.05, 0) is 44.2 Å². The number of piperidine rings is 1. The number of carbonyl (C=O) groups excluding carboxylic acids is 2. The fourth-order valence-electron chi connectivity index (χ4n) is 3.08. The first-order valence-electron chi connectivity index (χ1n) is 8.72. The Kier molecular flexibility index (Phi) is 6.96. The number of rotatable bonds is 6. The molecule has 0 spiro atoms. The molecule has 2 atom stereocenters. The van der Waals surface area contributed by atoms with Gasteiger partial charge in [0, 0.05) is 33.0 Å². The molecule has 1 fully saturated rings. The summed E-state index contributed by atoms with van der Waals surface area (Å²) in [4.78, 5) is 26.2. The van der Waals surface area contributed by atoms with E-state index >= 15 is 0 Å². The first kappa shape index (κ1) is 19.4. The van der Waals surface area contributed by atoms with E-state index in [0.29, 0.717) is 19.0 Å². The van der Waals surface area contributed by atoms with Crippen molar-refractivity contribution in [1.29, 1.82) is 0 Å². The predicted molar refractivity (Wildman–Crippen MR) is 96.6 cm³/mol. The van der Waals surface area contributed by atoms with E-state index in [1.807, 2.05) is 29.2 Å². The van der Waals surface area contributed by atoms with E-state index in [1.165, 1.54) is 7.11 Å². The summed E-state index contributed by atoms with van der Waals surface area (Å²) in [5, 5.41) is 2.96. The molecule has 0 aliphatic carbocycles. The van der Waals surface area contributed by atoms with Crippen LogP contribution in [0, 0.1) is 0 Å². The van der Waals surface area contributed by atoms with E-state index < -0.39 is 12.2 Å². The van der Waals surface area contributed by atoms with Crippen molar-refractivity contribution in [2.45, 2.75) is 44.8 Å². The number of methoxy groups -OCH3 is 2. The van der Waals surface area contributed by atoms with Gasteiger partial charge in [0.05, 0.1) is 0 Å². The average molecular weight is 348 g/mol. The molecule has 0 aromatic heterocycles. The van der Waals surface area contributed by atoms with E-state index in [-0.39, 0.29) is 11.8 Å². The zero-order valence-corrected chi connectivity index (χ0v) is 15.5. The first-order chi connectivity index (χ1) is 12.0. The van der Waals surface area contributed by atoms with Crippen LogP contribution in [0.15, 0.2) is 24.3 Å². The van der Waals surface area contributed by atoms with Gasteiger partial charge in [0.2, 0.25) is 0 Å². The lowest BCUT2D eigenvalue weighted by atomic mass is 9.88. The number of anilines is 1. The van der Waals surface area contributed by atoms with Crippen LogP contribution in [0.2, 0.25) is 0 Å². The Labute approximate surface area is 149 Å². The van der Waals surface area contributed by atoms with Crippen molar-refractivity contribution >= 4 is 17.5 Å². The van der Waals surface area contributed by atoms with Crippen LogP contribution in [-0.4, -0.2) is 56.2 Å². The Hall–Kier alpha value is -1.92. The van der Waals surface area contributed by atoms with Crippen molar-refractivity contribution < 1.29 is 19.1 Å². The van der Waals surface area contributed by atoms with Crippen molar-refractivity contribution in [2.75, 3.05) is 32.6 Å². The highest BCUT2D eigenvalue weighted by Crippen LogP contribution is 2.33. The van der Waals surface area contributed by atoms with Gasteiger partial charge in [-0.2, -0.15) is 0 Å². The van der Waals surface area contributed by atoms with Gasteiger partial charge in [-0.3, -0.25) is 9.59 Å². The molecule has 1 N–H and O–H groups in total.